The van der Waals surface area contributed by atoms with E-state index in [9.17, 15) is 4.79 Å². The van der Waals surface area contributed by atoms with E-state index in [1.807, 2.05) is 55.6 Å². The number of fused-ring (bicyclic) bond motifs is 2. The molecule has 0 spiro atoms. The van der Waals surface area contributed by atoms with Gasteiger partial charge in [-0.25, -0.2) is 4.79 Å². The lowest BCUT2D eigenvalue weighted by atomic mass is 9.82. The van der Waals surface area contributed by atoms with E-state index in [-0.39, 0.29) is 6.04 Å². The number of carbonyl (C=O) groups excluding carboxylic acids is 1. The minimum Gasteiger partial charge on any atom is -0.487 e. The molecule has 1 aliphatic heterocycles. The van der Waals surface area contributed by atoms with Gasteiger partial charge in [-0.2, -0.15) is 0 Å². The Hall–Kier alpha value is -2.79. The summed E-state index contributed by atoms with van der Waals surface area (Å²) in [6.07, 6.45) is 4.11. The number of aromatic nitrogens is 1. The van der Waals surface area contributed by atoms with Crippen LogP contribution in [0.3, 0.4) is 0 Å². The second-order valence-electron chi connectivity index (χ2n) is 7.93. The number of aryl methyl sites for hydroxylation is 1. The normalized spacial score (nSPS) is 17.3. The first-order valence-electron chi connectivity index (χ1n) is 10.3. The second-order valence-corrected chi connectivity index (χ2v) is 8.36. The molecule has 2 aromatic carbocycles. The average Bonchev–Trinajstić information content (AvgIpc) is 2.73. The van der Waals surface area contributed by atoms with E-state index in [4.69, 9.17) is 22.1 Å². The van der Waals surface area contributed by atoms with Crippen LogP contribution in [0, 0.1) is 6.92 Å². The van der Waals surface area contributed by atoms with Crippen molar-refractivity contribution >= 4 is 34.1 Å². The minimum absolute atomic E-state index is 0.262. The van der Waals surface area contributed by atoms with Gasteiger partial charge >= 0.3 is 6.03 Å². The maximum absolute atomic E-state index is 12.9. The number of ether oxygens (including phenoxy) is 1. The third kappa shape index (κ3) is 3.47. The Kier molecular flexibility index (Phi) is 5.33. The van der Waals surface area contributed by atoms with Crippen molar-refractivity contribution in [3.05, 3.63) is 64.9 Å². The van der Waals surface area contributed by atoms with Gasteiger partial charge in [-0.1, -0.05) is 43.6 Å². The number of nitrogens with two attached hydrogens (primary N) is 1. The fourth-order valence-corrected chi connectivity index (χ4v) is 4.59. The van der Waals surface area contributed by atoms with Crippen LogP contribution in [0.25, 0.3) is 10.8 Å². The van der Waals surface area contributed by atoms with Crippen LogP contribution in [0.1, 0.15) is 50.4 Å². The molecule has 4 rings (SSSR count). The highest BCUT2D eigenvalue weighted by Crippen LogP contribution is 2.48. The first-order chi connectivity index (χ1) is 14.4. The van der Waals surface area contributed by atoms with Crippen molar-refractivity contribution in [1.29, 1.82) is 0 Å². The maximum Gasteiger partial charge on any atom is 0.319 e. The molecule has 1 aliphatic rings. The van der Waals surface area contributed by atoms with Crippen LogP contribution < -0.4 is 15.4 Å². The van der Waals surface area contributed by atoms with Gasteiger partial charge in [-0.05, 0) is 44.0 Å². The van der Waals surface area contributed by atoms with Crippen molar-refractivity contribution in [3.63, 3.8) is 0 Å². The Balaban J connectivity index is 1.94. The fraction of sp³-hybridized carbons (Fsp3) is 0.333. The van der Waals surface area contributed by atoms with E-state index in [1.165, 1.54) is 0 Å². The zero-order valence-electron chi connectivity index (χ0n) is 17.5. The zero-order chi connectivity index (χ0) is 21.5. The van der Waals surface area contributed by atoms with Gasteiger partial charge in [0, 0.05) is 39.7 Å². The predicted molar refractivity (Wildman–Crippen MR) is 121 cm³/mol. The number of benzene rings is 2. The molecule has 30 heavy (non-hydrogen) atoms. The number of anilines is 1. The molecule has 0 fully saturated rings. The van der Waals surface area contributed by atoms with Crippen LogP contribution in [-0.2, 0) is 0 Å². The summed E-state index contributed by atoms with van der Waals surface area (Å²) in [6.45, 7) is 6.16. The van der Waals surface area contributed by atoms with Gasteiger partial charge in [0.1, 0.15) is 11.4 Å². The quantitative estimate of drug-likeness (QED) is 0.546. The molecule has 2 N–H and O–H groups in total. The summed E-state index contributed by atoms with van der Waals surface area (Å²) in [5, 5.41) is 2.52. The molecule has 0 unspecified atom stereocenters. The molecule has 6 heteroatoms. The molecular formula is C24H26ClN3O2. The molecule has 1 aromatic heterocycles. The van der Waals surface area contributed by atoms with Gasteiger partial charge in [0.05, 0.1) is 11.7 Å². The third-order valence-corrected chi connectivity index (χ3v) is 6.44. The van der Waals surface area contributed by atoms with Crippen molar-refractivity contribution in [2.75, 3.05) is 4.90 Å². The summed E-state index contributed by atoms with van der Waals surface area (Å²) in [4.78, 5) is 19.0. The molecule has 0 radical (unpaired) electrons. The molecular weight excluding hydrogens is 398 g/mol. The molecule has 3 aromatic rings. The van der Waals surface area contributed by atoms with Crippen LogP contribution in [0.5, 0.6) is 5.75 Å². The predicted octanol–water partition coefficient (Wildman–Crippen LogP) is 6.16. The first kappa shape index (κ1) is 20.5. The standard InChI is InChI=1S/C24H26ClN3O2/c1-4-24(5-2)13-21(18-10-9-17(25)12-22(18)30-24)28(23(26)29)20-8-6-7-16-14-27-15(3)11-19(16)20/h6-12,14,21H,4-5,13H2,1-3H3,(H2,26,29)/t21-/m1/s1. The van der Waals surface area contributed by atoms with E-state index in [0.717, 1.165) is 40.6 Å². The highest BCUT2D eigenvalue weighted by Gasteiger charge is 2.42. The average molecular weight is 424 g/mol. The van der Waals surface area contributed by atoms with E-state index < -0.39 is 11.6 Å². The first-order valence-corrected chi connectivity index (χ1v) is 10.7. The highest BCUT2D eigenvalue weighted by atomic mass is 35.5. The summed E-state index contributed by atoms with van der Waals surface area (Å²) in [5.41, 5.74) is 8.18. The lowest BCUT2D eigenvalue weighted by Gasteiger charge is -2.45. The number of amides is 2. The Morgan fingerprint density at radius 2 is 2.03 bits per heavy atom. The summed E-state index contributed by atoms with van der Waals surface area (Å²) < 4.78 is 6.43. The van der Waals surface area contributed by atoms with Gasteiger partial charge in [0.15, 0.2) is 0 Å². The van der Waals surface area contributed by atoms with E-state index in [1.54, 1.807) is 4.90 Å². The largest absolute Gasteiger partial charge is 0.487 e. The van der Waals surface area contributed by atoms with Crippen LogP contribution in [0.4, 0.5) is 10.5 Å². The van der Waals surface area contributed by atoms with Crippen LogP contribution in [0.2, 0.25) is 5.02 Å². The van der Waals surface area contributed by atoms with Crippen molar-refractivity contribution in [2.24, 2.45) is 5.73 Å². The summed E-state index contributed by atoms with van der Waals surface area (Å²) in [7, 11) is 0. The molecule has 0 aliphatic carbocycles. The zero-order valence-corrected chi connectivity index (χ0v) is 18.2. The smallest absolute Gasteiger partial charge is 0.319 e. The number of primary amides is 1. The number of pyridine rings is 1. The van der Waals surface area contributed by atoms with E-state index in [0.29, 0.717) is 17.2 Å². The summed E-state index contributed by atoms with van der Waals surface area (Å²) in [6, 6.07) is 12.7. The molecule has 1 atom stereocenters. The number of rotatable bonds is 4. The van der Waals surface area contributed by atoms with E-state index >= 15 is 0 Å². The van der Waals surface area contributed by atoms with Crippen molar-refractivity contribution in [1.82, 2.24) is 4.98 Å². The monoisotopic (exact) mass is 423 g/mol. The lowest BCUT2D eigenvalue weighted by Crippen LogP contribution is -2.48. The van der Waals surface area contributed by atoms with Gasteiger partial charge in [-0.3, -0.25) is 9.88 Å². The van der Waals surface area contributed by atoms with Gasteiger partial charge in [-0.15, -0.1) is 0 Å². The number of hydrogen-bond acceptors (Lipinski definition) is 3. The Labute approximate surface area is 181 Å². The fourth-order valence-electron chi connectivity index (χ4n) is 4.43. The van der Waals surface area contributed by atoms with E-state index in [2.05, 4.69) is 18.8 Å². The maximum atomic E-state index is 12.9. The molecule has 0 bridgehead atoms. The van der Waals surface area contributed by atoms with Crippen molar-refractivity contribution < 1.29 is 9.53 Å². The number of urea groups is 1. The molecule has 0 saturated carbocycles. The Morgan fingerprint density at radius 1 is 1.27 bits per heavy atom. The van der Waals surface area contributed by atoms with Gasteiger partial charge < -0.3 is 10.5 Å². The highest BCUT2D eigenvalue weighted by molar-refractivity contribution is 6.30. The van der Waals surface area contributed by atoms with Gasteiger partial charge in [0.2, 0.25) is 0 Å². The Morgan fingerprint density at radius 3 is 2.73 bits per heavy atom. The van der Waals surface area contributed by atoms with Crippen molar-refractivity contribution in [2.45, 2.75) is 51.7 Å². The number of halogens is 1. The molecule has 2 heterocycles. The molecule has 5 nitrogen and oxygen atoms in total. The summed E-state index contributed by atoms with van der Waals surface area (Å²) >= 11 is 6.27. The SMILES string of the molecule is CCC1(CC)C[C@@H](N(C(N)=O)c2cccc3cnc(C)cc23)c2ccc(Cl)cc2O1. The van der Waals surface area contributed by atoms with Crippen LogP contribution in [-0.4, -0.2) is 16.6 Å². The second kappa shape index (κ2) is 7.80. The summed E-state index contributed by atoms with van der Waals surface area (Å²) in [5.74, 6) is 0.715. The van der Waals surface area contributed by atoms with Gasteiger partial charge in [0.25, 0.3) is 0 Å². The number of carbonyl (C=O) groups is 1. The number of nitrogens with zero attached hydrogens (tertiary/aromatic N) is 2. The van der Waals surface area contributed by atoms with Crippen LogP contribution in [0.15, 0.2) is 48.7 Å². The van der Waals surface area contributed by atoms with Crippen LogP contribution >= 0.6 is 11.6 Å². The number of hydrogen-bond donors (Lipinski definition) is 1. The topological polar surface area (TPSA) is 68.5 Å². The molecule has 156 valence electrons. The minimum atomic E-state index is -0.495. The Bertz CT molecular complexity index is 1110. The third-order valence-electron chi connectivity index (χ3n) is 6.20. The molecule has 2 amide bonds. The lowest BCUT2D eigenvalue weighted by molar-refractivity contribution is 0.0280. The van der Waals surface area contributed by atoms with Crippen molar-refractivity contribution in [3.8, 4) is 5.75 Å². The molecule has 0 saturated heterocycles.